The molecule has 0 radical (unpaired) electrons. The summed E-state index contributed by atoms with van der Waals surface area (Å²) in [5, 5.41) is 3.46. The zero-order chi connectivity index (χ0) is 18.4. The summed E-state index contributed by atoms with van der Waals surface area (Å²) in [6, 6.07) is 6.35. The minimum Gasteiger partial charge on any atom is -0.488 e. The molecule has 1 aliphatic rings. The second kappa shape index (κ2) is 8.56. The van der Waals surface area contributed by atoms with Crippen LogP contribution in [0.5, 0.6) is 5.75 Å². The Morgan fingerprint density at radius 3 is 2.76 bits per heavy atom. The zero-order valence-corrected chi connectivity index (χ0v) is 16.6. The quantitative estimate of drug-likeness (QED) is 0.656. The second-order valence-corrected chi connectivity index (χ2v) is 7.84. The molecule has 2 rings (SSSR count). The summed E-state index contributed by atoms with van der Waals surface area (Å²) < 4.78 is 11.6. The largest absolute Gasteiger partial charge is 0.488 e. The number of aliphatic imine (C=N–C) groups is 1. The van der Waals surface area contributed by atoms with Crippen LogP contribution < -0.4 is 10.1 Å². The lowest BCUT2D eigenvalue weighted by molar-refractivity contribution is 0.129. The van der Waals surface area contributed by atoms with Crippen LogP contribution in [-0.2, 0) is 11.3 Å². The Morgan fingerprint density at radius 2 is 2.16 bits per heavy atom. The first-order chi connectivity index (χ1) is 11.8. The highest BCUT2D eigenvalue weighted by molar-refractivity contribution is 5.79. The number of guanidine groups is 1. The van der Waals surface area contributed by atoms with E-state index in [1.165, 1.54) is 5.56 Å². The Hall–Kier alpha value is -1.75. The van der Waals surface area contributed by atoms with Crippen molar-refractivity contribution in [3.8, 4) is 5.75 Å². The van der Waals surface area contributed by atoms with Crippen LogP contribution in [0, 0.1) is 12.8 Å². The molecule has 1 unspecified atom stereocenters. The third-order valence-corrected chi connectivity index (χ3v) is 4.21. The van der Waals surface area contributed by atoms with Crippen molar-refractivity contribution in [2.45, 2.75) is 46.3 Å². The fourth-order valence-electron chi connectivity index (χ4n) is 2.99. The van der Waals surface area contributed by atoms with Gasteiger partial charge in [0.1, 0.15) is 11.4 Å². The van der Waals surface area contributed by atoms with Gasteiger partial charge in [0.05, 0.1) is 6.61 Å². The molecule has 140 valence electrons. The lowest BCUT2D eigenvalue weighted by Crippen LogP contribution is -2.41. The van der Waals surface area contributed by atoms with Gasteiger partial charge in [-0.15, -0.1) is 0 Å². The number of rotatable bonds is 5. The monoisotopic (exact) mass is 347 g/mol. The van der Waals surface area contributed by atoms with Crippen molar-refractivity contribution in [2.75, 3.05) is 33.9 Å². The summed E-state index contributed by atoms with van der Waals surface area (Å²) in [6.45, 7) is 11.7. The molecule has 1 N–H and O–H groups in total. The van der Waals surface area contributed by atoms with Crippen molar-refractivity contribution < 1.29 is 9.47 Å². The Morgan fingerprint density at radius 1 is 1.40 bits per heavy atom. The molecular formula is C20H33N3O2. The predicted octanol–water partition coefficient (Wildman–Crippen LogP) is 3.22. The summed E-state index contributed by atoms with van der Waals surface area (Å²) in [5.41, 5.74) is 2.12. The van der Waals surface area contributed by atoms with Crippen molar-refractivity contribution in [2.24, 2.45) is 10.9 Å². The molecule has 0 saturated carbocycles. The van der Waals surface area contributed by atoms with E-state index in [-0.39, 0.29) is 5.60 Å². The number of nitrogens with one attached hydrogen (secondary N) is 1. The van der Waals surface area contributed by atoms with Gasteiger partial charge >= 0.3 is 0 Å². The van der Waals surface area contributed by atoms with Crippen LogP contribution in [0.25, 0.3) is 0 Å². The molecule has 0 aromatic heterocycles. The van der Waals surface area contributed by atoms with Gasteiger partial charge in [-0.2, -0.15) is 0 Å². The first kappa shape index (κ1) is 19.6. The topological polar surface area (TPSA) is 46.1 Å². The molecule has 5 nitrogen and oxygen atoms in total. The fourth-order valence-corrected chi connectivity index (χ4v) is 2.99. The van der Waals surface area contributed by atoms with Crippen molar-refractivity contribution in [1.29, 1.82) is 0 Å². The molecule has 1 aromatic carbocycles. The smallest absolute Gasteiger partial charge is 0.193 e. The summed E-state index contributed by atoms with van der Waals surface area (Å²) >= 11 is 0. The summed E-state index contributed by atoms with van der Waals surface area (Å²) in [6.07, 6.45) is 1.13. The minimum atomic E-state index is -0.219. The van der Waals surface area contributed by atoms with Crippen molar-refractivity contribution in [3.63, 3.8) is 0 Å². The van der Waals surface area contributed by atoms with E-state index in [1.54, 1.807) is 0 Å². The molecule has 1 heterocycles. The molecule has 25 heavy (non-hydrogen) atoms. The maximum Gasteiger partial charge on any atom is 0.193 e. The van der Waals surface area contributed by atoms with Crippen LogP contribution in [0.3, 0.4) is 0 Å². The number of nitrogens with zero attached hydrogens (tertiary/aromatic N) is 2. The molecule has 1 atom stereocenters. The van der Waals surface area contributed by atoms with E-state index in [1.807, 2.05) is 7.05 Å². The average molecular weight is 348 g/mol. The van der Waals surface area contributed by atoms with E-state index in [2.05, 4.69) is 68.2 Å². The van der Waals surface area contributed by atoms with Gasteiger partial charge in [0, 0.05) is 45.3 Å². The Bertz CT molecular complexity index is 587. The molecule has 1 saturated heterocycles. The van der Waals surface area contributed by atoms with Crippen molar-refractivity contribution >= 4 is 5.96 Å². The highest BCUT2D eigenvalue weighted by atomic mass is 16.5. The van der Waals surface area contributed by atoms with E-state index >= 15 is 0 Å². The Labute approximate surface area is 152 Å². The maximum absolute atomic E-state index is 6.14. The molecule has 1 aliphatic heterocycles. The third-order valence-electron chi connectivity index (χ3n) is 4.21. The van der Waals surface area contributed by atoms with Crippen LogP contribution in [0.15, 0.2) is 23.2 Å². The lowest BCUT2D eigenvalue weighted by atomic mass is 10.1. The number of ether oxygens (including phenoxy) is 2. The highest BCUT2D eigenvalue weighted by Crippen LogP contribution is 2.24. The molecule has 0 spiro atoms. The van der Waals surface area contributed by atoms with E-state index in [9.17, 15) is 0 Å². The SMILES string of the molecule is CN=C(NCc1ccc(C)cc1OC(C)(C)C)N(C)CC1CCOC1. The van der Waals surface area contributed by atoms with Crippen LogP contribution in [-0.4, -0.2) is 50.3 Å². The van der Waals surface area contributed by atoms with Crippen LogP contribution in [0.4, 0.5) is 0 Å². The molecular weight excluding hydrogens is 314 g/mol. The van der Waals surface area contributed by atoms with E-state index < -0.39 is 0 Å². The van der Waals surface area contributed by atoms with E-state index in [0.29, 0.717) is 12.5 Å². The minimum absolute atomic E-state index is 0.219. The van der Waals surface area contributed by atoms with E-state index in [0.717, 1.165) is 43.5 Å². The number of hydrogen-bond donors (Lipinski definition) is 1. The fraction of sp³-hybridized carbons (Fsp3) is 0.650. The van der Waals surface area contributed by atoms with Gasteiger partial charge in [-0.3, -0.25) is 4.99 Å². The average Bonchev–Trinajstić information content (AvgIpc) is 3.01. The Kier molecular flexibility index (Phi) is 6.71. The van der Waals surface area contributed by atoms with Gasteiger partial charge in [0.25, 0.3) is 0 Å². The Balaban J connectivity index is 2.00. The summed E-state index contributed by atoms with van der Waals surface area (Å²) in [4.78, 5) is 6.60. The summed E-state index contributed by atoms with van der Waals surface area (Å²) in [7, 11) is 3.90. The normalized spacial score (nSPS) is 18.3. The van der Waals surface area contributed by atoms with Gasteiger partial charge < -0.3 is 19.7 Å². The first-order valence-electron chi connectivity index (χ1n) is 9.06. The molecule has 0 amide bonds. The highest BCUT2D eigenvalue weighted by Gasteiger charge is 2.19. The zero-order valence-electron chi connectivity index (χ0n) is 16.6. The summed E-state index contributed by atoms with van der Waals surface area (Å²) in [5.74, 6) is 2.42. The molecule has 1 fully saturated rings. The third kappa shape index (κ3) is 6.24. The molecule has 0 aliphatic carbocycles. The standard InChI is InChI=1S/C20H33N3O2/c1-15-7-8-17(18(11-15)25-20(2,3)4)12-22-19(21-5)23(6)13-16-9-10-24-14-16/h7-8,11,16H,9-10,12-14H2,1-6H3,(H,21,22). The van der Waals surface area contributed by atoms with Gasteiger partial charge in [0.15, 0.2) is 5.96 Å². The maximum atomic E-state index is 6.14. The van der Waals surface area contributed by atoms with Crippen LogP contribution in [0.1, 0.15) is 38.3 Å². The van der Waals surface area contributed by atoms with Gasteiger partial charge in [-0.05, 0) is 45.7 Å². The van der Waals surface area contributed by atoms with E-state index in [4.69, 9.17) is 9.47 Å². The molecule has 1 aromatic rings. The predicted molar refractivity (Wildman–Crippen MR) is 103 cm³/mol. The van der Waals surface area contributed by atoms with Gasteiger partial charge in [-0.1, -0.05) is 12.1 Å². The van der Waals surface area contributed by atoms with Crippen LogP contribution >= 0.6 is 0 Å². The molecule has 5 heteroatoms. The van der Waals surface area contributed by atoms with Crippen molar-refractivity contribution in [3.05, 3.63) is 29.3 Å². The number of benzene rings is 1. The van der Waals surface area contributed by atoms with Crippen LogP contribution in [0.2, 0.25) is 0 Å². The number of hydrogen-bond acceptors (Lipinski definition) is 3. The molecule has 0 bridgehead atoms. The lowest BCUT2D eigenvalue weighted by Gasteiger charge is -2.26. The van der Waals surface area contributed by atoms with Gasteiger partial charge in [-0.25, -0.2) is 0 Å². The first-order valence-corrected chi connectivity index (χ1v) is 9.06. The van der Waals surface area contributed by atoms with Crippen molar-refractivity contribution in [1.82, 2.24) is 10.2 Å². The number of aryl methyl sites for hydroxylation is 1. The van der Waals surface area contributed by atoms with Gasteiger partial charge in [0.2, 0.25) is 0 Å². The second-order valence-electron chi connectivity index (χ2n) is 7.84.